The van der Waals surface area contributed by atoms with Crippen LogP contribution >= 0.6 is 0 Å². The minimum absolute atomic E-state index is 0.112. The van der Waals surface area contributed by atoms with E-state index in [1.54, 1.807) is 4.90 Å². The lowest BCUT2D eigenvalue weighted by atomic mass is 9.83. The van der Waals surface area contributed by atoms with Gasteiger partial charge in [-0.05, 0) is 38.2 Å². The maximum absolute atomic E-state index is 13.0. The van der Waals surface area contributed by atoms with E-state index in [9.17, 15) is 9.59 Å². The number of hydrogen-bond acceptors (Lipinski definition) is 2. The van der Waals surface area contributed by atoms with Crippen LogP contribution in [0, 0.1) is 12.8 Å². The smallest absolute Gasteiger partial charge is 0.228 e. The molecular formula is C19H26N2O2. The zero-order chi connectivity index (χ0) is 16.4. The Morgan fingerprint density at radius 3 is 2.39 bits per heavy atom. The summed E-state index contributed by atoms with van der Waals surface area (Å²) in [6, 6.07) is 8.11. The fourth-order valence-corrected chi connectivity index (χ4v) is 3.87. The number of amides is 2. The largest absolute Gasteiger partial charge is 0.342 e. The second-order valence-corrected chi connectivity index (χ2v) is 6.89. The summed E-state index contributed by atoms with van der Waals surface area (Å²) in [5.74, 6) is 0.256. The fraction of sp³-hybridized carbons (Fsp3) is 0.579. The molecule has 124 valence electrons. The van der Waals surface area contributed by atoms with Gasteiger partial charge in [0.15, 0.2) is 0 Å². The molecule has 2 saturated heterocycles. The van der Waals surface area contributed by atoms with Crippen molar-refractivity contribution >= 4 is 11.8 Å². The van der Waals surface area contributed by atoms with E-state index in [0.717, 1.165) is 31.5 Å². The summed E-state index contributed by atoms with van der Waals surface area (Å²) in [7, 11) is 1.84. The van der Waals surface area contributed by atoms with Gasteiger partial charge in [0.2, 0.25) is 11.8 Å². The molecular weight excluding hydrogens is 288 g/mol. The molecule has 0 radical (unpaired) electrons. The van der Waals surface area contributed by atoms with Gasteiger partial charge < -0.3 is 9.80 Å². The van der Waals surface area contributed by atoms with Gasteiger partial charge in [0, 0.05) is 26.6 Å². The van der Waals surface area contributed by atoms with Crippen molar-refractivity contribution in [3.63, 3.8) is 0 Å². The van der Waals surface area contributed by atoms with Crippen LogP contribution in [0.1, 0.15) is 49.3 Å². The van der Waals surface area contributed by atoms with E-state index in [0.29, 0.717) is 12.8 Å². The van der Waals surface area contributed by atoms with Crippen molar-refractivity contribution in [2.75, 3.05) is 20.1 Å². The third-order valence-corrected chi connectivity index (χ3v) is 5.26. The van der Waals surface area contributed by atoms with Crippen molar-refractivity contribution in [3.8, 4) is 0 Å². The summed E-state index contributed by atoms with van der Waals surface area (Å²) in [5.41, 5.74) is 2.26. The highest BCUT2D eigenvalue weighted by atomic mass is 16.2. The Labute approximate surface area is 138 Å². The molecule has 2 fully saturated rings. The van der Waals surface area contributed by atoms with Crippen LogP contribution in [-0.2, 0) is 9.59 Å². The van der Waals surface area contributed by atoms with Crippen molar-refractivity contribution in [3.05, 3.63) is 35.4 Å². The summed E-state index contributed by atoms with van der Waals surface area (Å²) < 4.78 is 0. The van der Waals surface area contributed by atoms with E-state index < -0.39 is 0 Å². The van der Waals surface area contributed by atoms with E-state index in [2.05, 4.69) is 31.2 Å². The van der Waals surface area contributed by atoms with Crippen LogP contribution in [0.5, 0.6) is 0 Å². The van der Waals surface area contributed by atoms with Crippen LogP contribution < -0.4 is 0 Å². The fourth-order valence-electron chi connectivity index (χ4n) is 3.87. The molecule has 1 aromatic rings. The Balaban J connectivity index is 1.87. The van der Waals surface area contributed by atoms with Crippen LogP contribution in [0.15, 0.2) is 24.3 Å². The molecule has 1 aromatic carbocycles. The average Bonchev–Trinajstić information content (AvgIpc) is 2.58. The Hall–Kier alpha value is -1.84. The average molecular weight is 314 g/mol. The van der Waals surface area contributed by atoms with E-state index in [1.165, 1.54) is 12.0 Å². The van der Waals surface area contributed by atoms with Crippen molar-refractivity contribution in [1.82, 2.24) is 9.80 Å². The van der Waals surface area contributed by atoms with Crippen molar-refractivity contribution in [2.24, 2.45) is 5.92 Å². The second kappa shape index (κ2) is 6.73. The Bertz CT molecular complexity index is 576. The third-order valence-electron chi connectivity index (χ3n) is 5.26. The van der Waals surface area contributed by atoms with Gasteiger partial charge in [-0.15, -0.1) is 0 Å². The number of rotatable bonds is 2. The van der Waals surface area contributed by atoms with Gasteiger partial charge in [-0.1, -0.05) is 29.8 Å². The van der Waals surface area contributed by atoms with E-state index >= 15 is 0 Å². The Morgan fingerprint density at radius 1 is 1.09 bits per heavy atom. The highest BCUT2D eigenvalue weighted by molar-refractivity contribution is 5.85. The standard InChI is InChI=1S/C19H26N2O2/c1-14-6-8-15(9-7-14)18-16(10-11-17(22)20(18)2)19(23)21-12-4-3-5-13-21/h6-9,16,18H,3-5,10-13H2,1-2H3/t16-,18-/m0/s1. The number of benzene rings is 1. The van der Waals surface area contributed by atoms with Gasteiger partial charge in [-0.2, -0.15) is 0 Å². The molecule has 0 aliphatic carbocycles. The van der Waals surface area contributed by atoms with Gasteiger partial charge in [0.05, 0.1) is 12.0 Å². The number of piperidine rings is 2. The normalized spacial score (nSPS) is 25.6. The molecule has 2 heterocycles. The van der Waals surface area contributed by atoms with Crippen LogP contribution in [0.25, 0.3) is 0 Å². The first kappa shape index (κ1) is 16.0. The molecule has 0 N–H and O–H groups in total. The first-order valence-corrected chi connectivity index (χ1v) is 8.69. The lowest BCUT2D eigenvalue weighted by Crippen LogP contribution is -2.48. The lowest BCUT2D eigenvalue weighted by molar-refractivity contribution is -0.147. The molecule has 2 amide bonds. The van der Waals surface area contributed by atoms with Crippen LogP contribution in [0.3, 0.4) is 0 Å². The molecule has 0 bridgehead atoms. The Morgan fingerprint density at radius 2 is 1.74 bits per heavy atom. The van der Waals surface area contributed by atoms with E-state index in [1.807, 2.05) is 11.9 Å². The van der Waals surface area contributed by atoms with Crippen molar-refractivity contribution in [2.45, 2.75) is 45.1 Å². The molecule has 3 rings (SSSR count). The van der Waals surface area contributed by atoms with Gasteiger partial charge in [0.1, 0.15) is 0 Å². The summed E-state index contributed by atoms with van der Waals surface area (Å²) in [5, 5.41) is 0. The van der Waals surface area contributed by atoms with Crippen molar-refractivity contribution in [1.29, 1.82) is 0 Å². The van der Waals surface area contributed by atoms with Crippen LogP contribution in [0.2, 0.25) is 0 Å². The summed E-state index contributed by atoms with van der Waals surface area (Å²) in [6.45, 7) is 3.79. The number of carbonyl (C=O) groups excluding carboxylic acids is 2. The van der Waals surface area contributed by atoms with Gasteiger partial charge >= 0.3 is 0 Å². The van der Waals surface area contributed by atoms with Gasteiger partial charge in [0.25, 0.3) is 0 Å². The van der Waals surface area contributed by atoms with Crippen LogP contribution in [0.4, 0.5) is 0 Å². The zero-order valence-corrected chi connectivity index (χ0v) is 14.1. The predicted molar refractivity (Wildman–Crippen MR) is 89.8 cm³/mol. The third kappa shape index (κ3) is 3.26. The summed E-state index contributed by atoms with van der Waals surface area (Å²) >= 11 is 0. The molecule has 2 aliphatic rings. The van der Waals surface area contributed by atoms with E-state index in [-0.39, 0.29) is 23.8 Å². The first-order valence-electron chi connectivity index (χ1n) is 8.69. The monoisotopic (exact) mass is 314 g/mol. The lowest BCUT2D eigenvalue weighted by Gasteiger charge is -2.41. The summed E-state index contributed by atoms with van der Waals surface area (Å²) in [4.78, 5) is 29.0. The minimum Gasteiger partial charge on any atom is -0.342 e. The number of carbonyl (C=O) groups is 2. The molecule has 2 aliphatic heterocycles. The molecule has 4 heteroatoms. The highest BCUT2D eigenvalue weighted by Gasteiger charge is 2.40. The van der Waals surface area contributed by atoms with E-state index in [4.69, 9.17) is 0 Å². The molecule has 0 aromatic heterocycles. The number of nitrogens with zero attached hydrogens (tertiary/aromatic N) is 2. The van der Waals surface area contributed by atoms with Gasteiger partial charge in [-0.3, -0.25) is 9.59 Å². The number of aryl methyl sites for hydroxylation is 1. The van der Waals surface area contributed by atoms with Crippen molar-refractivity contribution < 1.29 is 9.59 Å². The summed E-state index contributed by atoms with van der Waals surface area (Å²) in [6.07, 6.45) is 4.55. The minimum atomic E-state index is -0.133. The second-order valence-electron chi connectivity index (χ2n) is 6.89. The number of hydrogen-bond donors (Lipinski definition) is 0. The highest BCUT2D eigenvalue weighted by Crippen LogP contribution is 2.37. The predicted octanol–water partition coefficient (Wildman–Crippen LogP) is 2.92. The first-order chi connectivity index (χ1) is 11.1. The quantitative estimate of drug-likeness (QED) is 0.842. The maximum atomic E-state index is 13.0. The molecule has 0 spiro atoms. The zero-order valence-electron chi connectivity index (χ0n) is 14.1. The Kier molecular flexibility index (Phi) is 4.69. The van der Waals surface area contributed by atoms with Gasteiger partial charge in [-0.25, -0.2) is 0 Å². The molecule has 2 atom stereocenters. The maximum Gasteiger partial charge on any atom is 0.228 e. The number of likely N-dealkylation sites (tertiary alicyclic amines) is 2. The molecule has 4 nitrogen and oxygen atoms in total. The molecule has 0 unspecified atom stereocenters. The van der Waals surface area contributed by atoms with Crippen LogP contribution in [-0.4, -0.2) is 41.8 Å². The molecule has 0 saturated carbocycles. The molecule has 23 heavy (non-hydrogen) atoms. The SMILES string of the molecule is Cc1ccc([C@H]2[C@@H](C(=O)N3CCCCC3)CCC(=O)N2C)cc1. The topological polar surface area (TPSA) is 40.6 Å².